The maximum Gasteiger partial charge on any atom is 0.307 e. The third kappa shape index (κ3) is 13.6. The van der Waals surface area contributed by atoms with Gasteiger partial charge in [0.1, 0.15) is 0 Å². The highest BCUT2D eigenvalue weighted by Gasteiger charge is 2.25. The topological polar surface area (TPSA) is 241 Å². The molecule has 2 bridgehead atoms. The molecule has 19 heteroatoms. The average molecular weight is 955 g/mol. The first kappa shape index (κ1) is 50.0. The SMILES string of the molecule is CC(C)c1cccc(-c2ccnc(OCCCCCn3nccc3S(N)(=O)=O)c2)c1CC(=O)O.CC(C)c1cccc2c1CC(=O)NS(=O)(=O)c1ccnn1CCCCCOc1cc-2ccn1. The summed E-state index contributed by atoms with van der Waals surface area (Å²) in [5.74, 6) is -0.110. The smallest absolute Gasteiger partial charge is 0.307 e. The second kappa shape index (κ2) is 22.8. The number of carbonyl (C=O) groups is 2. The average Bonchev–Trinajstić information content (AvgIpc) is 3.97. The summed E-state index contributed by atoms with van der Waals surface area (Å²) < 4.78 is 65.7. The van der Waals surface area contributed by atoms with Gasteiger partial charge in [-0.3, -0.25) is 19.0 Å². The van der Waals surface area contributed by atoms with E-state index >= 15 is 0 Å². The van der Waals surface area contributed by atoms with E-state index in [0.717, 1.165) is 83.0 Å². The lowest BCUT2D eigenvalue weighted by atomic mass is 9.88. The Morgan fingerprint density at radius 3 is 2.28 bits per heavy atom. The predicted molar refractivity (Wildman–Crippen MR) is 252 cm³/mol. The number of benzene rings is 2. The number of aryl methyl sites for hydroxylation is 2. The number of amides is 1. The first-order valence-corrected chi connectivity index (χ1v) is 25.3. The lowest BCUT2D eigenvalue weighted by Gasteiger charge is -2.18. The maximum atomic E-state index is 13.0. The molecule has 0 unspecified atom stereocenters. The standard InChI is InChI=1S/C24H30N4O5S.C24H28N4O4S/c1-17(2)19-7-6-8-20(21(19)16-24(29)30)18-9-11-26-22(15-18)33-14-5-3-4-13-28-23(10-12-27-28)34(25,31)32;1-17(2)19-7-6-8-20-18-9-11-25-23(15-18)32-14-5-3-4-13-28-24(10-12-26-28)33(30,31)27-22(29)16-21(19)20/h6-12,15,17H,3-5,13-14,16H2,1-2H3,(H,29,30)(H2,25,31,32);6-12,15,17H,3-5,13-14,16H2,1-2H3,(H,27,29). The van der Waals surface area contributed by atoms with E-state index in [1.807, 2.05) is 88.4 Å². The van der Waals surface area contributed by atoms with Crippen molar-refractivity contribution in [2.24, 2.45) is 5.14 Å². The third-order valence-corrected chi connectivity index (χ3v) is 13.4. The van der Waals surface area contributed by atoms with Crippen molar-refractivity contribution in [2.75, 3.05) is 13.2 Å². The summed E-state index contributed by atoms with van der Waals surface area (Å²) >= 11 is 0. The van der Waals surface area contributed by atoms with Crippen LogP contribution in [0.1, 0.15) is 100 Å². The molecule has 1 aliphatic rings. The van der Waals surface area contributed by atoms with Crippen molar-refractivity contribution < 1.29 is 41.0 Å². The second-order valence-corrected chi connectivity index (χ2v) is 19.9. The van der Waals surface area contributed by atoms with Crippen molar-refractivity contribution >= 4 is 31.9 Å². The van der Waals surface area contributed by atoms with Crippen LogP contribution in [0.15, 0.2) is 108 Å². The van der Waals surface area contributed by atoms with Crippen LogP contribution in [0.3, 0.4) is 0 Å². The van der Waals surface area contributed by atoms with E-state index in [1.54, 1.807) is 12.4 Å². The van der Waals surface area contributed by atoms with Gasteiger partial charge < -0.3 is 14.6 Å². The van der Waals surface area contributed by atoms with Crippen molar-refractivity contribution in [3.8, 4) is 34.0 Å². The molecule has 4 N–H and O–H groups in total. The molecule has 1 aliphatic heterocycles. The van der Waals surface area contributed by atoms with Gasteiger partial charge in [0.05, 0.1) is 38.4 Å². The van der Waals surface area contributed by atoms with Crippen LogP contribution in [0.5, 0.6) is 11.8 Å². The minimum absolute atomic E-state index is 0.00793. The summed E-state index contributed by atoms with van der Waals surface area (Å²) in [6.07, 6.45) is 10.7. The zero-order valence-electron chi connectivity index (χ0n) is 38.2. The highest BCUT2D eigenvalue weighted by atomic mass is 32.2. The minimum Gasteiger partial charge on any atom is -0.481 e. The number of fused-ring (bicyclic) bond motifs is 5. The summed E-state index contributed by atoms with van der Waals surface area (Å²) in [5.41, 5.74) is 7.05. The van der Waals surface area contributed by atoms with E-state index in [9.17, 15) is 31.5 Å². The lowest BCUT2D eigenvalue weighted by Crippen LogP contribution is -2.33. The molecule has 5 heterocycles. The van der Waals surface area contributed by atoms with Crippen molar-refractivity contribution in [3.63, 3.8) is 0 Å². The number of hydrogen-bond acceptors (Lipinski definition) is 12. The minimum atomic E-state index is -4.04. The number of nitrogens with zero attached hydrogens (tertiary/aromatic N) is 6. The zero-order chi connectivity index (χ0) is 48.1. The number of ether oxygens (including phenoxy) is 2. The van der Waals surface area contributed by atoms with E-state index in [4.69, 9.17) is 14.6 Å². The van der Waals surface area contributed by atoms with E-state index in [1.165, 1.54) is 33.9 Å². The van der Waals surface area contributed by atoms with E-state index in [2.05, 4.69) is 24.9 Å². The number of rotatable bonds is 13. The molecule has 0 spiro atoms. The molecular formula is C48H58N8O9S2. The number of carbonyl (C=O) groups excluding carboxylic acids is 1. The summed E-state index contributed by atoms with van der Waals surface area (Å²) in [6, 6.07) is 21.9. The molecule has 6 aromatic rings. The Bertz CT molecular complexity index is 2880. The quantitative estimate of drug-likeness (QED) is 0.0967. The number of hydrogen-bond donors (Lipinski definition) is 3. The molecule has 0 aliphatic carbocycles. The molecule has 67 heavy (non-hydrogen) atoms. The number of pyridine rings is 2. The number of unbranched alkanes of at least 4 members (excludes halogenated alkanes) is 2. The van der Waals surface area contributed by atoms with Gasteiger partial charge in [-0.15, -0.1) is 0 Å². The van der Waals surface area contributed by atoms with Crippen molar-refractivity contribution in [2.45, 2.75) is 114 Å². The Morgan fingerprint density at radius 1 is 0.851 bits per heavy atom. The predicted octanol–water partition coefficient (Wildman–Crippen LogP) is 7.27. The van der Waals surface area contributed by atoms with Crippen LogP contribution in [0.4, 0.5) is 0 Å². The third-order valence-electron chi connectivity index (χ3n) is 11.1. The van der Waals surface area contributed by atoms with Crippen LogP contribution in [0.2, 0.25) is 0 Å². The first-order valence-electron chi connectivity index (χ1n) is 22.3. The van der Waals surface area contributed by atoms with Gasteiger partial charge in [-0.2, -0.15) is 18.6 Å². The molecule has 4 aromatic heterocycles. The van der Waals surface area contributed by atoms with Gasteiger partial charge in [-0.1, -0.05) is 64.1 Å². The van der Waals surface area contributed by atoms with Gasteiger partial charge in [0.2, 0.25) is 17.7 Å². The normalized spacial score (nSPS) is 14.2. The molecule has 1 amide bonds. The number of aliphatic carboxylic acids is 1. The van der Waals surface area contributed by atoms with Gasteiger partial charge in [-0.25, -0.2) is 28.2 Å². The molecule has 0 atom stereocenters. The number of sulfonamides is 2. The van der Waals surface area contributed by atoms with E-state index in [0.29, 0.717) is 38.1 Å². The maximum absolute atomic E-state index is 13.0. The highest BCUT2D eigenvalue weighted by Crippen LogP contribution is 2.34. The van der Waals surface area contributed by atoms with Gasteiger partial charge >= 0.3 is 5.97 Å². The number of carboxylic acids is 1. The molecule has 0 fully saturated rings. The molecule has 0 saturated heterocycles. The Morgan fingerprint density at radius 2 is 1.55 bits per heavy atom. The van der Waals surface area contributed by atoms with Crippen LogP contribution in [0.25, 0.3) is 22.3 Å². The van der Waals surface area contributed by atoms with Gasteiger partial charge in [0, 0.05) is 37.6 Å². The molecule has 0 saturated carbocycles. The van der Waals surface area contributed by atoms with Gasteiger partial charge in [0.25, 0.3) is 20.0 Å². The van der Waals surface area contributed by atoms with Crippen molar-refractivity contribution in [1.82, 2.24) is 34.3 Å². The summed E-state index contributed by atoms with van der Waals surface area (Å²) in [4.78, 5) is 33.1. The number of aromatic nitrogens is 6. The van der Waals surface area contributed by atoms with Gasteiger partial charge in [-0.05, 0) is 119 Å². The fraction of sp³-hybridized carbons (Fsp3) is 0.375. The highest BCUT2D eigenvalue weighted by molar-refractivity contribution is 7.90. The van der Waals surface area contributed by atoms with Gasteiger partial charge in [0.15, 0.2) is 10.1 Å². The molecule has 0 radical (unpaired) electrons. The Hall–Kier alpha value is -6.44. The van der Waals surface area contributed by atoms with Crippen LogP contribution in [-0.2, 0) is 55.6 Å². The van der Waals surface area contributed by atoms with E-state index < -0.39 is 31.9 Å². The first-order chi connectivity index (χ1) is 32.0. The largest absolute Gasteiger partial charge is 0.481 e. The Balaban J connectivity index is 0.000000221. The lowest BCUT2D eigenvalue weighted by molar-refractivity contribution is -0.136. The van der Waals surface area contributed by atoms with Crippen LogP contribution < -0.4 is 19.3 Å². The van der Waals surface area contributed by atoms with Crippen LogP contribution in [-0.4, -0.2) is 76.6 Å². The van der Waals surface area contributed by atoms with Crippen molar-refractivity contribution in [1.29, 1.82) is 0 Å². The molecule has 356 valence electrons. The number of nitrogens with two attached hydrogens (primary N) is 1. The fourth-order valence-corrected chi connectivity index (χ4v) is 9.78. The van der Waals surface area contributed by atoms with Crippen molar-refractivity contribution in [3.05, 3.63) is 120 Å². The Labute approximate surface area is 391 Å². The summed E-state index contributed by atoms with van der Waals surface area (Å²) in [5, 5.41) is 22.7. The molecule has 2 aromatic carbocycles. The molecular weight excluding hydrogens is 897 g/mol. The monoisotopic (exact) mass is 954 g/mol. The van der Waals surface area contributed by atoms with Crippen LogP contribution in [0, 0.1) is 0 Å². The second-order valence-electron chi connectivity index (χ2n) is 16.7. The number of carboxylic acid groups (broad SMARTS) is 1. The number of nitrogens with one attached hydrogen (secondary N) is 1. The zero-order valence-corrected chi connectivity index (χ0v) is 39.8. The van der Waals surface area contributed by atoms with Crippen LogP contribution >= 0.6 is 0 Å². The summed E-state index contributed by atoms with van der Waals surface area (Å²) in [7, 11) is -7.83. The fourth-order valence-electron chi connectivity index (χ4n) is 7.97. The summed E-state index contributed by atoms with van der Waals surface area (Å²) in [6.45, 7) is 10.0. The molecule has 17 nitrogen and oxygen atoms in total. The molecule has 7 rings (SSSR count). The van der Waals surface area contributed by atoms with E-state index in [-0.39, 0.29) is 34.7 Å². The number of primary sulfonamides is 1. The Kier molecular flexibility index (Phi) is 17.0.